The minimum atomic E-state index is 1.00. The number of nitrogens with zero attached hydrogens (tertiary/aromatic N) is 1. The van der Waals surface area contributed by atoms with E-state index in [1.165, 1.54) is 33.4 Å². The third kappa shape index (κ3) is 9.03. The lowest BCUT2D eigenvalue weighted by molar-refractivity contribution is 0.957. The first-order chi connectivity index (χ1) is 24.1. The fraction of sp³-hybridized carbons (Fsp3) is 0.125. The van der Waals surface area contributed by atoms with Crippen LogP contribution in [0.3, 0.4) is 0 Å². The molecule has 0 bridgehead atoms. The van der Waals surface area contributed by atoms with Crippen molar-refractivity contribution < 1.29 is 0 Å². The molecule has 0 atom stereocenters. The molecule has 0 fully saturated rings. The van der Waals surface area contributed by atoms with Gasteiger partial charge >= 0.3 is 0 Å². The highest BCUT2D eigenvalue weighted by atomic mass is 15.1. The molecule has 0 amide bonds. The van der Waals surface area contributed by atoms with Gasteiger partial charge in [0, 0.05) is 17.1 Å². The Bertz CT molecular complexity index is 1710. The molecule has 6 aromatic rings. The van der Waals surface area contributed by atoms with Crippen LogP contribution in [-0.4, -0.2) is 0 Å². The molecule has 0 aromatic heterocycles. The minimum absolute atomic E-state index is 1.00. The standard InChI is InChI=1S/C48H45N/c1-4-37-7-13-40(14-8-37)19-22-43-25-31-46(32-26-43)49(47-33-27-44(28-34-47)23-20-41-15-9-38(5-2)10-16-41)48-35-29-45(30-36-48)24-21-42-17-11-39(6-3)12-18-42/h4-18,25-36H,1-3,19-24H2. The molecular weight excluding hydrogens is 591 g/mol. The summed E-state index contributed by atoms with van der Waals surface area (Å²) in [5, 5.41) is 0. The fourth-order valence-electron chi connectivity index (χ4n) is 6.21. The van der Waals surface area contributed by atoms with Crippen molar-refractivity contribution in [2.75, 3.05) is 4.90 Å². The van der Waals surface area contributed by atoms with E-state index in [0.29, 0.717) is 0 Å². The van der Waals surface area contributed by atoms with Gasteiger partial charge in [-0.05, 0) is 125 Å². The van der Waals surface area contributed by atoms with Gasteiger partial charge in [-0.25, -0.2) is 0 Å². The summed E-state index contributed by atoms with van der Waals surface area (Å²) in [7, 11) is 0. The smallest absolute Gasteiger partial charge is 0.0461 e. The second-order valence-corrected chi connectivity index (χ2v) is 12.7. The summed E-state index contributed by atoms with van der Waals surface area (Å²) in [6.45, 7) is 11.6. The Kier molecular flexibility index (Phi) is 11.2. The van der Waals surface area contributed by atoms with Crippen LogP contribution in [0.4, 0.5) is 17.1 Å². The normalized spacial score (nSPS) is 10.8. The Morgan fingerprint density at radius 2 is 0.469 bits per heavy atom. The van der Waals surface area contributed by atoms with Gasteiger partial charge in [0.15, 0.2) is 0 Å². The van der Waals surface area contributed by atoms with Crippen molar-refractivity contribution in [1.82, 2.24) is 0 Å². The van der Waals surface area contributed by atoms with Gasteiger partial charge in [-0.1, -0.05) is 147 Å². The summed E-state index contributed by atoms with van der Waals surface area (Å²) in [6.07, 6.45) is 11.7. The fourth-order valence-corrected chi connectivity index (χ4v) is 6.21. The van der Waals surface area contributed by atoms with E-state index in [2.05, 4.69) is 170 Å². The third-order valence-corrected chi connectivity index (χ3v) is 9.34. The van der Waals surface area contributed by atoms with E-state index in [1.807, 2.05) is 18.2 Å². The van der Waals surface area contributed by atoms with Gasteiger partial charge in [-0.15, -0.1) is 0 Å². The molecule has 49 heavy (non-hydrogen) atoms. The van der Waals surface area contributed by atoms with Gasteiger partial charge < -0.3 is 4.90 Å². The van der Waals surface area contributed by atoms with Crippen LogP contribution >= 0.6 is 0 Å². The number of hydrogen-bond donors (Lipinski definition) is 0. The Hall–Kier alpha value is -5.66. The first-order valence-electron chi connectivity index (χ1n) is 17.3. The van der Waals surface area contributed by atoms with Crippen molar-refractivity contribution in [2.24, 2.45) is 0 Å². The van der Waals surface area contributed by atoms with E-state index >= 15 is 0 Å². The lowest BCUT2D eigenvalue weighted by atomic mass is 10.0. The quantitative estimate of drug-likeness (QED) is 0.109. The molecule has 0 saturated carbocycles. The van der Waals surface area contributed by atoms with Crippen molar-refractivity contribution in [3.8, 4) is 0 Å². The molecular formula is C48H45N. The summed E-state index contributed by atoms with van der Waals surface area (Å²) in [4.78, 5) is 2.37. The van der Waals surface area contributed by atoms with Crippen molar-refractivity contribution in [1.29, 1.82) is 0 Å². The van der Waals surface area contributed by atoms with Gasteiger partial charge in [-0.2, -0.15) is 0 Å². The van der Waals surface area contributed by atoms with E-state index < -0.39 is 0 Å². The lowest BCUT2D eigenvalue weighted by Crippen LogP contribution is -2.10. The van der Waals surface area contributed by atoms with Crippen molar-refractivity contribution >= 4 is 35.3 Å². The monoisotopic (exact) mass is 635 g/mol. The van der Waals surface area contributed by atoms with E-state index in [1.54, 1.807) is 0 Å². The van der Waals surface area contributed by atoms with E-state index in [4.69, 9.17) is 0 Å². The Balaban J connectivity index is 1.19. The maximum absolute atomic E-state index is 3.87. The highest BCUT2D eigenvalue weighted by Crippen LogP contribution is 2.35. The van der Waals surface area contributed by atoms with Crippen LogP contribution in [-0.2, 0) is 38.5 Å². The predicted octanol–water partition coefficient (Wildman–Crippen LogP) is 12.4. The number of rotatable bonds is 15. The average molecular weight is 636 g/mol. The SMILES string of the molecule is C=Cc1ccc(CCc2ccc(N(c3ccc(CCc4ccc(C=C)cc4)cc3)c3ccc(CCc4ccc(C=C)cc4)cc3)cc2)cc1. The van der Waals surface area contributed by atoms with Gasteiger partial charge in [0.25, 0.3) is 0 Å². The summed E-state index contributed by atoms with van der Waals surface area (Å²) < 4.78 is 0. The maximum atomic E-state index is 3.87. The molecule has 0 radical (unpaired) electrons. The Morgan fingerprint density at radius 3 is 0.653 bits per heavy atom. The van der Waals surface area contributed by atoms with Crippen LogP contribution in [0.15, 0.2) is 165 Å². The van der Waals surface area contributed by atoms with Crippen molar-refractivity contribution in [3.05, 3.63) is 215 Å². The lowest BCUT2D eigenvalue weighted by Gasteiger charge is -2.26. The van der Waals surface area contributed by atoms with Gasteiger partial charge in [0.1, 0.15) is 0 Å². The molecule has 0 heterocycles. The molecule has 1 heteroatoms. The molecule has 242 valence electrons. The van der Waals surface area contributed by atoms with Crippen molar-refractivity contribution in [2.45, 2.75) is 38.5 Å². The summed E-state index contributed by atoms with van der Waals surface area (Å²) in [5.41, 5.74) is 15.0. The van der Waals surface area contributed by atoms with Crippen molar-refractivity contribution in [3.63, 3.8) is 0 Å². The number of benzene rings is 6. The third-order valence-electron chi connectivity index (χ3n) is 9.34. The second kappa shape index (κ2) is 16.4. The largest absolute Gasteiger partial charge is 0.311 e. The topological polar surface area (TPSA) is 3.24 Å². The van der Waals surface area contributed by atoms with Gasteiger partial charge in [0.05, 0.1) is 0 Å². The van der Waals surface area contributed by atoms with Crippen LogP contribution in [0.5, 0.6) is 0 Å². The molecule has 0 unspecified atom stereocenters. The zero-order valence-corrected chi connectivity index (χ0v) is 28.4. The summed E-state index contributed by atoms with van der Waals surface area (Å²) in [5.74, 6) is 0. The minimum Gasteiger partial charge on any atom is -0.311 e. The van der Waals surface area contributed by atoms with E-state index in [-0.39, 0.29) is 0 Å². The van der Waals surface area contributed by atoms with Crippen LogP contribution < -0.4 is 4.90 Å². The maximum Gasteiger partial charge on any atom is 0.0461 e. The first kappa shape index (κ1) is 33.2. The van der Waals surface area contributed by atoms with Crippen LogP contribution in [0.1, 0.15) is 50.1 Å². The molecule has 0 aliphatic carbocycles. The molecule has 0 saturated heterocycles. The molecule has 0 aliphatic heterocycles. The first-order valence-corrected chi connectivity index (χ1v) is 17.3. The molecule has 1 nitrogen and oxygen atoms in total. The molecule has 0 aliphatic rings. The molecule has 0 spiro atoms. The Labute approximate surface area is 293 Å². The average Bonchev–Trinajstić information content (AvgIpc) is 3.17. The number of anilines is 3. The zero-order valence-electron chi connectivity index (χ0n) is 28.4. The highest BCUT2D eigenvalue weighted by Gasteiger charge is 2.13. The predicted molar refractivity (Wildman–Crippen MR) is 213 cm³/mol. The molecule has 0 N–H and O–H groups in total. The van der Waals surface area contributed by atoms with Crippen LogP contribution in [0.2, 0.25) is 0 Å². The Morgan fingerprint density at radius 1 is 0.286 bits per heavy atom. The zero-order chi connectivity index (χ0) is 33.8. The summed E-state index contributed by atoms with van der Waals surface area (Å²) in [6, 6.07) is 53.3. The van der Waals surface area contributed by atoms with Crippen LogP contribution in [0, 0.1) is 0 Å². The van der Waals surface area contributed by atoms with E-state index in [0.717, 1.165) is 72.3 Å². The number of hydrogen-bond acceptors (Lipinski definition) is 1. The van der Waals surface area contributed by atoms with Gasteiger partial charge in [0.2, 0.25) is 0 Å². The number of aryl methyl sites for hydroxylation is 6. The van der Waals surface area contributed by atoms with Crippen LogP contribution in [0.25, 0.3) is 18.2 Å². The highest BCUT2D eigenvalue weighted by molar-refractivity contribution is 5.76. The molecule has 6 rings (SSSR count). The van der Waals surface area contributed by atoms with Gasteiger partial charge in [-0.3, -0.25) is 0 Å². The van der Waals surface area contributed by atoms with E-state index in [9.17, 15) is 0 Å². The second-order valence-electron chi connectivity index (χ2n) is 12.7. The summed E-state index contributed by atoms with van der Waals surface area (Å²) >= 11 is 0. The molecule has 6 aromatic carbocycles.